The fraction of sp³-hybridized carbons (Fsp3) is 0. The molecule has 2 amide bonds. The molecule has 0 radical (unpaired) electrons. The Labute approximate surface area is 153 Å². The molecule has 116 valence electrons. The summed E-state index contributed by atoms with van der Waals surface area (Å²) >= 11 is 34.3. The third-order valence-corrected chi connectivity index (χ3v) is 3.83. The highest BCUT2D eigenvalue weighted by molar-refractivity contribution is 6.44. The number of rotatable bonds is 2. The Hall–Kier alpha value is -0.830. The summed E-state index contributed by atoms with van der Waals surface area (Å²) in [6.07, 6.45) is 0. The number of hydrogen-bond donors (Lipinski definition) is 2. The highest BCUT2D eigenvalue weighted by Gasteiger charge is 2.16. The molecule has 0 bridgehead atoms. The summed E-state index contributed by atoms with van der Waals surface area (Å²) in [5, 5.41) is 3.77. The van der Waals surface area contributed by atoms with Crippen molar-refractivity contribution in [2.75, 3.05) is 10.6 Å². The SMILES string of the molecule is O=C(Nc1nc(Cl)nc(Cl)c1Cl)Nc1nc(Cl)nc(Cl)c1Cl. The van der Waals surface area contributed by atoms with Gasteiger partial charge in [-0.3, -0.25) is 10.6 Å². The van der Waals surface area contributed by atoms with E-state index >= 15 is 0 Å². The minimum Gasteiger partial charge on any atom is -0.291 e. The molecule has 2 aromatic rings. The maximum absolute atomic E-state index is 11.9. The molecule has 0 aliphatic heterocycles. The van der Waals surface area contributed by atoms with Crippen molar-refractivity contribution in [3.05, 3.63) is 30.9 Å². The molecule has 0 aliphatic carbocycles. The lowest BCUT2D eigenvalue weighted by atomic mass is 10.5. The van der Waals surface area contributed by atoms with Crippen LogP contribution in [0, 0.1) is 0 Å². The number of nitrogens with one attached hydrogen (secondary N) is 2. The number of carbonyl (C=O) groups is 1. The lowest BCUT2D eigenvalue weighted by molar-refractivity contribution is 0.262. The van der Waals surface area contributed by atoms with Crippen LogP contribution in [0.1, 0.15) is 0 Å². The zero-order chi connectivity index (χ0) is 16.4. The van der Waals surface area contributed by atoms with Gasteiger partial charge < -0.3 is 0 Å². The minimum atomic E-state index is -0.791. The molecule has 2 aromatic heterocycles. The largest absolute Gasteiger partial charge is 0.326 e. The van der Waals surface area contributed by atoms with Gasteiger partial charge in [0, 0.05) is 0 Å². The van der Waals surface area contributed by atoms with Gasteiger partial charge in [0.25, 0.3) is 0 Å². The highest BCUT2D eigenvalue weighted by Crippen LogP contribution is 2.30. The molecule has 0 atom stereocenters. The monoisotopic (exact) mass is 420 g/mol. The van der Waals surface area contributed by atoms with E-state index in [0.29, 0.717) is 0 Å². The number of aromatic nitrogens is 4. The molecular formula is C9H2Cl6N6O. The summed E-state index contributed by atoms with van der Waals surface area (Å²) in [6.45, 7) is 0. The van der Waals surface area contributed by atoms with Crippen LogP contribution in [0.25, 0.3) is 0 Å². The van der Waals surface area contributed by atoms with E-state index in [4.69, 9.17) is 69.6 Å². The zero-order valence-corrected chi connectivity index (χ0v) is 14.5. The minimum absolute atomic E-state index is 0.0916. The number of amides is 2. The number of halogens is 6. The van der Waals surface area contributed by atoms with Crippen molar-refractivity contribution in [3.8, 4) is 0 Å². The molecule has 0 unspecified atom stereocenters. The number of urea groups is 1. The quantitative estimate of drug-likeness (QED) is 0.534. The molecular weight excluding hydrogens is 421 g/mol. The van der Waals surface area contributed by atoms with Crippen LogP contribution in [0.4, 0.5) is 16.4 Å². The molecule has 0 spiro atoms. The summed E-state index contributed by atoms with van der Waals surface area (Å²) in [5.74, 6) is -0.210. The molecule has 0 aromatic carbocycles. The van der Waals surface area contributed by atoms with Gasteiger partial charge in [-0.1, -0.05) is 46.4 Å². The fourth-order valence-corrected chi connectivity index (χ4v) is 2.23. The van der Waals surface area contributed by atoms with E-state index < -0.39 is 6.03 Å². The van der Waals surface area contributed by atoms with Gasteiger partial charge in [0.1, 0.15) is 10.0 Å². The Morgan fingerprint density at radius 3 is 1.41 bits per heavy atom. The smallest absolute Gasteiger partial charge is 0.291 e. The van der Waals surface area contributed by atoms with Crippen molar-refractivity contribution in [2.45, 2.75) is 0 Å². The van der Waals surface area contributed by atoms with Gasteiger partial charge in [-0.15, -0.1) is 0 Å². The van der Waals surface area contributed by atoms with Gasteiger partial charge in [0.05, 0.1) is 0 Å². The molecule has 0 saturated heterocycles. The van der Waals surface area contributed by atoms with Crippen molar-refractivity contribution >= 4 is 87.3 Å². The molecule has 2 rings (SSSR count). The van der Waals surface area contributed by atoms with Crippen molar-refractivity contribution in [3.63, 3.8) is 0 Å². The average molecular weight is 423 g/mol. The Morgan fingerprint density at radius 1 is 0.682 bits per heavy atom. The summed E-state index contributed by atoms with van der Waals surface area (Å²) in [4.78, 5) is 26.5. The second-order valence-electron chi connectivity index (χ2n) is 3.47. The first-order chi connectivity index (χ1) is 10.3. The summed E-state index contributed by atoms with van der Waals surface area (Å²) < 4.78 is 0. The van der Waals surface area contributed by atoms with Crippen molar-refractivity contribution < 1.29 is 4.79 Å². The van der Waals surface area contributed by atoms with Gasteiger partial charge in [-0.05, 0) is 23.2 Å². The van der Waals surface area contributed by atoms with Crippen LogP contribution < -0.4 is 10.6 Å². The second kappa shape index (κ2) is 7.16. The molecule has 22 heavy (non-hydrogen) atoms. The predicted molar refractivity (Wildman–Crippen MR) is 86.8 cm³/mol. The maximum atomic E-state index is 11.9. The number of hydrogen-bond acceptors (Lipinski definition) is 5. The number of carbonyl (C=O) groups excluding carboxylic acids is 1. The molecule has 7 nitrogen and oxygen atoms in total. The van der Waals surface area contributed by atoms with Crippen LogP contribution in [0.2, 0.25) is 30.9 Å². The zero-order valence-electron chi connectivity index (χ0n) is 9.96. The number of anilines is 2. The third kappa shape index (κ3) is 4.13. The Balaban J connectivity index is 2.21. The van der Waals surface area contributed by atoms with Crippen LogP contribution in [-0.2, 0) is 0 Å². The van der Waals surface area contributed by atoms with Crippen LogP contribution in [0.3, 0.4) is 0 Å². The normalized spacial score (nSPS) is 10.5. The van der Waals surface area contributed by atoms with Crippen molar-refractivity contribution in [2.24, 2.45) is 0 Å². The van der Waals surface area contributed by atoms with E-state index in [1.165, 1.54) is 0 Å². The Morgan fingerprint density at radius 2 is 1.05 bits per heavy atom. The predicted octanol–water partition coefficient (Wildman–Crippen LogP) is 4.83. The topological polar surface area (TPSA) is 92.7 Å². The maximum Gasteiger partial charge on any atom is 0.326 e. The summed E-state index contributed by atoms with van der Waals surface area (Å²) in [7, 11) is 0. The van der Waals surface area contributed by atoms with E-state index in [1.807, 2.05) is 0 Å². The molecule has 0 saturated carbocycles. The first-order valence-corrected chi connectivity index (χ1v) is 7.39. The molecule has 2 heterocycles. The molecule has 13 heteroatoms. The van der Waals surface area contributed by atoms with Crippen LogP contribution in [0.15, 0.2) is 0 Å². The van der Waals surface area contributed by atoms with Crippen LogP contribution in [0.5, 0.6) is 0 Å². The van der Waals surface area contributed by atoms with Crippen LogP contribution >= 0.6 is 69.6 Å². The average Bonchev–Trinajstić information content (AvgIpc) is 2.41. The Kier molecular flexibility index (Phi) is 5.70. The molecule has 0 aliphatic rings. The van der Waals surface area contributed by atoms with E-state index in [9.17, 15) is 4.79 Å². The first-order valence-electron chi connectivity index (χ1n) is 5.13. The van der Waals surface area contributed by atoms with E-state index in [2.05, 4.69) is 30.6 Å². The van der Waals surface area contributed by atoms with E-state index in [0.717, 1.165) is 0 Å². The van der Waals surface area contributed by atoms with Gasteiger partial charge in [0.15, 0.2) is 21.9 Å². The van der Waals surface area contributed by atoms with E-state index in [-0.39, 0.29) is 42.6 Å². The standard InChI is InChI=1S/C9H2Cl6N6O/c10-1-3(12)16-7(14)18-5(1)20-9(22)21-6-2(11)4(13)17-8(15)19-6/h(H2,16,17,18,19,20,21,22). The second-order valence-corrected chi connectivity index (χ2v) is 5.62. The summed E-state index contributed by atoms with van der Waals surface area (Å²) in [6, 6.07) is -0.791. The first kappa shape index (κ1) is 17.5. The summed E-state index contributed by atoms with van der Waals surface area (Å²) in [5.41, 5.74) is 0. The van der Waals surface area contributed by atoms with Gasteiger partial charge in [0.2, 0.25) is 10.6 Å². The van der Waals surface area contributed by atoms with Gasteiger partial charge >= 0.3 is 6.03 Å². The lowest BCUT2D eigenvalue weighted by Gasteiger charge is -2.10. The van der Waals surface area contributed by atoms with Gasteiger partial charge in [-0.2, -0.15) is 9.97 Å². The van der Waals surface area contributed by atoms with Crippen LogP contribution in [-0.4, -0.2) is 26.0 Å². The third-order valence-electron chi connectivity index (χ3n) is 2.03. The van der Waals surface area contributed by atoms with Crippen molar-refractivity contribution in [1.29, 1.82) is 0 Å². The fourth-order valence-electron chi connectivity index (χ4n) is 1.20. The van der Waals surface area contributed by atoms with Crippen molar-refractivity contribution in [1.82, 2.24) is 19.9 Å². The van der Waals surface area contributed by atoms with E-state index in [1.54, 1.807) is 0 Å². The Bertz CT molecular complexity index is 694. The molecule has 2 N–H and O–H groups in total. The molecule has 0 fully saturated rings. The highest BCUT2D eigenvalue weighted by atomic mass is 35.5. The van der Waals surface area contributed by atoms with Gasteiger partial charge in [-0.25, -0.2) is 14.8 Å². The number of nitrogens with zero attached hydrogens (tertiary/aromatic N) is 4. The lowest BCUT2D eigenvalue weighted by Crippen LogP contribution is -2.21.